The topological polar surface area (TPSA) is 108 Å². The van der Waals surface area contributed by atoms with Crippen molar-refractivity contribution >= 4 is 28.9 Å². The molecule has 1 aromatic carbocycles. The lowest BCUT2D eigenvalue weighted by molar-refractivity contribution is -0.386. The number of carbonyl (C=O) groups is 1. The van der Waals surface area contributed by atoms with Crippen molar-refractivity contribution in [2.45, 2.75) is 40.3 Å². The van der Waals surface area contributed by atoms with Gasteiger partial charge in [0.05, 0.1) is 28.5 Å². The third-order valence-corrected chi connectivity index (χ3v) is 5.03. The predicted octanol–water partition coefficient (Wildman–Crippen LogP) is 4.19. The highest BCUT2D eigenvalue weighted by Crippen LogP contribution is 2.31. The van der Waals surface area contributed by atoms with Crippen molar-refractivity contribution in [3.63, 3.8) is 0 Å². The van der Waals surface area contributed by atoms with Crippen LogP contribution in [0.5, 0.6) is 0 Å². The van der Waals surface area contributed by atoms with Crippen LogP contribution in [0.25, 0.3) is 0 Å². The molecule has 3 aromatic rings. The van der Waals surface area contributed by atoms with Crippen LogP contribution in [0.2, 0.25) is 5.02 Å². The van der Waals surface area contributed by atoms with E-state index in [-0.39, 0.29) is 5.69 Å². The van der Waals surface area contributed by atoms with Crippen molar-refractivity contribution < 1.29 is 18.5 Å². The highest BCUT2D eigenvalue weighted by atomic mass is 35.5. The summed E-state index contributed by atoms with van der Waals surface area (Å²) in [7, 11) is 0. The van der Waals surface area contributed by atoms with E-state index >= 15 is 0 Å². The smallest absolute Gasteiger partial charge is 0.319 e. The van der Waals surface area contributed by atoms with Gasteiger partial charge in [-0.3, -0.25) is 24.3 Å². The summed E-state index contributed by atoms with van der Waals surface area (Å²) in [4.78, 5) is 22.7. The van der Waals surface area contributed by atoms with Crippen LogP contribution in [-0.4, -0.2) is 30.4 Å². The van der Waals surface area contributed by atoms with Crippen molar-refractivity contribution in [2.24, 2.45) is 0 Å². The zero-order valence-corrected chi connectivity index (χ0v) is 17.7. The third kappa shape index (κ3) is 4.71. The maximum atomic E-state index is 13.1. The molecule has 2 aromatic heterocycles. The van der Waals surface area contributed by atoms with E-state index in [4.69, 9.17) is 11.6 Å². The molecule has 0 aliphatic heterocycles. The zero-order valence-electron chi connectivity index (χ0n) is 16.9. The number of hydrogen-bond acceptors (Lipinski definition) is 5. The molecule has 2 heterocycles. The zero-order chi connectivity index (χ0) is 22.9. The van der Waals surface area contributed by atoms with Crippen LogP contribution in [0, 0.1) is 30.9 Å². The molecule has 0 unspecified atom stereocenters. The van der Waals surface area contributed by atoms with Crippen LogP contribution in [0.1, 0.15) is 34.8 Å². The van der Waals surface area contributed by atoms with E-state index in [9.17, 15) is 23.7 Å². The molecule has 0 fully saturated rings. The summed E-state index contributed by atoms with van der Waals surface area (Å²) in [6.45, 7) is 4.78. The van der Waals surface area contributed by atoms with E-state index in [0.29, 0.717) is 28.6 Å². The molecule has 31 heavy (non-hydrogen) atoms. The predicted molar refractivity (Wildman–Crippen MR) is 109 cm³/mol. The summed E-state index contributed by atoms with van der Waals surface area (Å²) in [6, 6.07) is 7.27. The minimum Gasteiger partial charge on any atom is -0.321 e. The van der Waals surface area contributed by atoms with Crippen LogP contribution in [0.4, 0.5) is 20.2 Å². The number of halogens is 3. The second-order valence-electron chi connectivity index (χ2n) is 6.91. The fourth-order valence-electron chi connectivity index (χ4n) is 3.20. The van der Waals surface area contributed by atoms with E-state index < -0.39 is 35.2 Å². The van der Waals surface area contributed by atoms with Crippen LogP contribution in [0.15, 0.2) is 24.3 Å². The van der Waals surface area contributed by atoms with E-state index in [1.165, 1.54) is 6.92 Å². The lowest BCUT2D eigenvalue weighted by Crippen LogP contribution is -2.21. The fraction of sp³-hybridized carbons (Fsp3) is 0.316. The van der Waals surface area contributed by atoms with Gasteiger partial charge in [-0.2, -0.15) is 10.2 Å². The number of alkyl halides is 2. The lowest BCUT2D eigenvalue weighted by Gasteiger charge is -2.08. The van der Waals surface area contributed by atoms with Crippen LogP contribution in [-0.2, 0) is 17.9 Å². The number of hydrogen-bond donors (Lipinski definition) is 1. The Bertz CT molecular complexity index is 1140. The molecule has 0 aliphatic carbocycles. The van der Waals surface area contributed by atoms with E-state index in [1.54, 1.807) is 30.7 Å². The van der Waals surface area contributed by atoms with Gasteiger partial charge in [0.2, 0.25) is 11.6 Å². The largest absolute Gasteiger partial charge is 0.321 e. The minimum atomic E-state index is -3.13. The molecular formula is C19H19ClF2N6O3. The van der Waals surface area contributed by atoms with Gasteiger partial charge in [-0.1, -0.05) is 23.7 Å². The Morgan fingerprint density at radius 3 is 2.35 bits per heavy atom. The van der Waals surface area contributed by atoms with Crippen molar-refractivity contribution in [1.29, 1.82) is 0 Å². The summed E-state index contributed by atoms with van der Waals surface area (Å²) in [5, 5.41) is 22.4. The summed E-state index contributed by atoms with van der Waals surface area (Å²) in [5.41, 5.74) is 0.833. The van der Waals surface area contributed by atoms with Gasteiger partial charge in [-0.25, -0.2) is 8.78 Å². The molecule has 0 saturated heterocycles. The molecule has 12 heteroatoms. The van der Waals surface area contributed by atoms with Gasteiger partial charge in [0.25, 0.3) is 6.43 Å². The van der Waals surface area contributed by atoms with Gasteiger partial charge in [-0.15, -0.1) is 0 Å². The second kappa shape index (κ2) is 8.80. The highest BCUT2D eigenvalue weighted by molar-refractivity contribution is 6.30. The van der Waals surface area contributed by atoms with Gasteiger partial charge >= 0.3 is 5.69 Å². The molecular weight excluding hydrogens is 434 g/mol. The quantitative estimate of drug-likeness (QED) is 0.427. The summed E-state index contributed by atoms with van der Waals surface area (Å²) >= 11 is 5.90. The molecule has 1 N–H and O–H groups in total. The first-order chi connectivity index (χ1) is 14.6. The van der Waals surface area contributed by atoms with Gasteiger partial charge in [0, 0.05) is 5.02 Å². The second-order valence-corrected chi connectivity index (χ2v) is 7.35. The van der Waals surface area contributed by atoms with Crippen LogP contribution in [0.3, 0.4) is 0 Å². The normalized spacial score (nSPS) is 11.2. The SMILES string of the molecule is Cc1nn(Cc2ccc(Cl)cc2)c(C)c1NC(=O)Cn1nc(C(F)F)c([N+](=O)[O-])c1C. The maximum Gasteiger partial charge on any atom is 0.319 e. The number of nitro groups is 1. The monoisotopic (exact) mass is 452 g/mol. The molecule has 164 valence electrons. The standard InChI is InChI=1S/C19H19ClF2N6O3/c1-10-16(11(2)26(24-10)8-13-4-6-14(20)7-5-13)23-15(29)9-27-12(3)18(28(30)31)17(25-27)19(21)22/h4-7,19H,8-9H2,1-3H3,(H,23,29). The van der Waals surface area contributed by atoms with Gasteiger partial charge in [-0.05, 0) is 38.5 Å². The summed E-state index contributed by atoms with van der Waals surface area (Å²) in [5.74, 6) is -0.571. The van der Waals surface area contributed by atoms with Crippen molar-refractivity contribution in [2.75, 3.05) is 5.32 Å². The number of benzene rings is 1. The number of nitrogens with zero attached hydrogens (tertiary/aromatic N) is 5. The first-order valence-electron chi connectivity index (χ1n) is 9.16. The Kier molecular flexibility index (Phi) is 6.34. The fourth-order valence-corrected chi connectivity index (χ4v) is 3.32. The number of carbonyl (C=O) groups excluding carboxylic acids is 1. The Morgan fingerprint density at radius 1 is 1.16 bits per heavy atom. The number of amides is 1. The van der Waals surface area contributed by atoms with E-state index in [2.05, 4.69) is 15.5 Å². The van der Waals surface area contributed by atoms with Gasteiger partial charge < -0.3 is 5.32 Å². The molecule has 9 nitrogen and oxygen atoms in total. The molecule has 0 bridgehead atoms. The van der Waals surface area contributed by atoms with Crippen molar-refractivity contribution in [3.05, 3.63) is 67.7 Å². The summed E-state index contributed by atoms with van der Waals surface area (Å²) < 4.78 is 28.8. The molecule has 0 spiro atoms. The van der Waals surface area contributed by atoms with Crippen LogP contribution < -0.4 is 5.32 Å². The number of nitrogens with one attached hydrogen (secondary N) is 1. The summed E-state index contributed by atoms with van der Waals surface area (Å²) in [6.07, 6.45) is -3.13. The van der Waals surface area contributed by atoms with Crippen LogP contribution >= 0.6 is 11.6 Å². The van der Waals surface area contributed by atoms with E-state index in [0.717, 1.165) is 10.2 Å². The number of anilines is 1. The van der Waals surface area contributed by atoms with Gasteiger partial charge in [0.1, 0.15) is 12.2 Å². The molecule has 0 radical (unpaired) electrons. The molecule has 0 saturated carbocycles. The Labute approximate surface area is 180 Å². The Hall–Kier alpha value is -3.34. The molecule has 0 aliphatic rings. The third-order valence-electron chi connectivity index (χ3n) is 4.78. The molecule has 1 amide bonds. The van der Waals surface area contributed by atoms with Gasteiger partial charge in [0.15, 0.2) is 0 Å². The first-order valence-corrected chi connectivity index (χ1v) is 9.54. The van der Waals surface area contributed by atoms with E-state index in [1.807, 2.05) is 12.1 Å². The van der Waals surface area contributed by atoms with Crippen molar-refractivity contribution in [1.82, 2.24) is 19.6 Å². The Morgan fingerprint density at radius 2 is 1.81 bits per heavy atom. The highest BCUT2D eigenvalue weighted by Gasteiger charge is 2.31. The number of aryl methyl sites for hydroxylation is 1. The average molecular weight is 453 g/mol. The minimum absolute atomic E-state index is 0.123. The number of aromatic nitrogens is 4. The first kappa shape index (κ1) is 22.3. The lowest BCUT2D eigenvalue weighted by atomic mass is 10.2. The number of rotatable bonds is 7. The van der Waals surface area contributed by atoms with Crippen molar-refractivity contribution in [3.8, 4) is 0 Å². The average Bonchev–Trinajstić information content (AvgIpc) is 3.15. The molecule has 0 atom stereocenters. The molecule has 3 rings (SSSR count). The maximum absolute atomic E-state index is 13.1. The Balaban J connectivity index is 1.78.